The van der Waals surface area contributed by atoms with Crippen LogP contribution in [0.2, 0.25) is 5.02 Å². The van der Waals surface area contributed by atoms with Crippen LogP contribution in [0.4, 0.5) is 5.69 Å². The third-order valence-electron chi connectivity index (χ3n) is 4.22. The van der Waals surface area contributed by atoms with E-state index in [9.17, 15) is 9.59 Å². The highest BCUT2D eigenvalue weighted by Crippen LogP contribution is 2.28. The summed E-state index contributed by atoms with van der Waals surface area (Å²) < 4.78 is 12.0. The maximum atomic E-state index is 13.0. The average Bonchev–Trinajstić information content (AvgIpc) is 3.28. The second-order valence-corrected chi connectivity index (χ2v) is 7.65. The summed E-state index contributed by atoms with van der Waals surface area (Å²) in [5.74, 6) is 0.730. The van der Waals surface area contributed by atoms with E-state index < -0.39 is 0 Å². The van der Waals surface area contributed by atoms with Gasteiger partial charge in [-0.3, -0.25) is 14.2 Å². The van der Waals surface area contributed by atoms with E-state index in [4.69, 9.17) is 20.8 Å². The summed E-state index contributed by atoms with van der Waals surface area (Å²) in [7, 11) is 1.50. The van der Waals surface area contributed by atoms with Crippen LogP contribution in [0.5, 0.6) is 5.75 Å². The summed E-state index contributed by atoms with van der Waals surface area (Å²) >= 11 is 7.11. The van der Waals surface area contributed by atoms with Gasteiger partial charge in [-0.1, -0.05) is 23.4 Å². The van der Waals surface area contributed by atoms with Crippen LogP contribution in [-0.4, -0.2) is 38.3 Å². The molecule has 0 fully saturated rings. The second kappa shape index (κ2) is 9.19. The zero-order chi connectivity index (χ0) is 21.8. The maximum Gasteiger partial charge on any atom is 0.282 e. The quantitative estimate of drug-likeness (QED) is 0.332. The molecule has 4 aromatic rings. The van der Waals surface area contributed by atoms with Gasteiger partial charge in [-0.2, -0.15) is 0 Å². The Hall–Kier alpha value is -3.37. The van der Waals surface area contributed by atoms with Gasteiger partial charge in [0.1, 0.15) is 11.5 Å². The van der Waals surface area contributed by atoms with Crippen molar-refractivity contribution < 1.29 is 13.9 Å². The number of hydrogen-bond acceptors (Lipinski definition) is 8. The Balaban J connectivity index is 1.59. The largest absolute Gasteiger partial charge is 0.495 e. The lowest BCUT2D eigenvalue weighted by atomic mass is 10.3. The highest BCUT2D eigenvalue weighted by atomic mass is 35.5. The van der Waals surface area contributed by atoms with Gasteiger partial charge in [0.15, 0.2) is 16.3 Å². The van der Waals surface area contributed by atoms with Crippen molar-refractivity contribution >= 4 is 46.1 Å². The standard InChI is InChI=1S/C20H16ClN5O4S/c1-29-15-5-4-12(21)9-14(15)24-16(27)11-31-20-25-18-17(22-6-7-23-18)19(28)26(20)10-13-3-2-8-30-13/h2-9H,10-11H2,1H3,(H,24,27). The van der Waals surface area contributed by atoms with Gasteiger partial charge < -0.3 is 14.5 Å². The van der Waals surface area contributed by atoms with Gasteiger partial charge in [-0.25, -0.2) is 15.0 Å². The van der Waals surface area contributed by atoms with Crippen molar-refractivity contribution in [3.63, 3.8) is 0 Å². The van der Waals surface area contributed by atoms with E-state index in [1.165, 1.54) is 30.3 Å². The number of furan rings is 1. The zero-order valence-electron chi connectivity index (χ0n) is 16.2. The lowest BCUT2D eigenvalue weighted by Gasteiger charge is -2.12. The zero-order valence-corrected chi connectivity index (χ0v) is 17.8. The van der Waals surface area contributed by atoms with E-state index in [0.29, 0.717) is 27.4 Å². The average molecular weight is 458 g/mol. The van der Waals surface area contributed by atoms with Crippen LogP contribution < -0.4 is 15.6 Å². The molecular weight excluding hydrogens is 442 g/mol. The highest BCUT2D eigenvalue weighted by Gasteiger charge is 2.16. The minimum atomic E-state index is -0.367. The molecule has 1 aromatic carbocycles. The molecule has 0 radical (unpaired) electrons. The minimum absolute atomic E-state index is 0.00791. The lowest BCUT2D eigenvalue weighted by Crippen LogP contribution is -2.25. The Morgan fingerprint density at radius 3 is 2.90 bits per heavy atom. The van der Waals surface area contributed by atoms with Gasteiger partial charge in [0.25, 0.3) is 5.56 Å². The molecule has 31 heavy (non-hydrogen) atoms. The third kappa shape index (κ3) is 4.70. The Kier molecular flexibility index (Phi) is 6.19. The predicted molar refractivity (Wildman–Crippen MR) is 117 cm³/mol. The summed E-state index contributed by atoms with van der Waals surface area (Å²) in [5.41, 5.74) is 0.439. The number of thioether (sulfide) groups is 1. The number of ether oxygens (including phenoxy) is 1. The molecule has 0 spiro atoms. The summed E-state index contributed by atoms with van der Waals surface area (Å²) in [6, 6.07) is 8.40. The van der Waals surface area contributed by atoms with Gasteiger partial charge in [0.2, 0.25) is 5.91 Å². The fourth-order valence-electron chi connectivity index (χ4n) is 2.83. The molecule has 4 rings (SSSR count). The Morgan fingerprint density at radius 1 is 1.29 bits per heavy atom. The number of hydrogen-bond donors (Lipinski definition) is 1. The number of aromatic nitrogens is 4. The number of amides is 1. The fraction of sp³-hybridized carbons (Fsp3) is 0.150. The third-order valence-corrected chi connectivity index (χ3v) is 5.43. The van der Waals surface area contributed by atoms with Crippen molar-refractivity contribution in [2.75, 3.05) is 18.2 Å². The number of nitrogens with one attached hydrogen (secondary N) is 1. The Morgan fingerprint density at radius 2 is 2.13 bits per heavy atom. The number of fused-ring (bicyclic) bond motifs is 1. The van der Waals surface area contributed by atoms with Crippen LogP contribution >= 0.6 is 23.4 Å². The molecule has 0 unspecified atom stereocenters. The molecule has 11 heteroatoms. The molecule has 1 N–H and O–H groups in total. The number of methoxy groups -OCH3 is 1. The highest BCUT2D eigenvalue weighted by molar-refractivity contribution is 7.99. The van der Waals surface area contributed by atoms with Crippen LogP contribution in [0.25, 0.3) is 11.2 Å². The summed E-state index contributed by atoms with van der Waals surface area (Å²) in [6.07, 6.45) is 4.41. The van der Waals surface area contributed by atoms with E-state index in [1.54, 1.807) is 30.3 Å². The van der Waals surface area contributed by atoms with Crippen molar-refractivity contribution in [3.05, 3.63) is 70.1 Å². The van der Waals surface area contributed by atoms with E-state index in [1.807, 2.05) is 0 Å². The molecule has 9 nitrogen and oxygen atoms in total. The lowest BCUT2D eigenvalue weighted by molar-refractivity contribution is -0.113. The summed E-state index contributed by atoms with van der Waals surface area (Å²) in [4.78, 5) is 38.1. The van der Waals surface area contributed by atoms with Crippen molar-refractivity contribution in [2.24, 2.45) is 0 Å². The van der Waals surface area contributed by atoms with E-state index >= 15 is 0 Å². The Labute approximate surface area is 185 Å². The van der Waals surface area contributed by atoms with Crippen LogP contribution in [0.3, 0.4) is 0 Å². The first-order chi connectivity index (χ1) is 15.0. The van der Waals surface area contributed by atoms with Crippen LogP contribution in [0.1, 0.15) is 5.76 Å². The van der Waals surface area contributed by atoms with Gasteiger partial charge in [0, 0.05) is 17.4 Å². The molecule has 1 amide bonds. The normalized spacial score (nSPS) is 10.9. The molecule has 0 aliphatic carbocycles. The number of carbonyl (C=O) groups excluding carboxylic acids is 1. The molecule has 0 saturated carbocycles. The fourth-order valence-corrected chi connectivity index (χ4v) is 3.79. The first-order valence-electron chi connectivity index (χ1n) is 9.05. The molecule has 3 aromatic heterocycles. The topological polar surface area (TPSA) is 112 Å². The number of halogens is 1. The molecule has 0 aliphatic heterocycles. The molecule has 0 bridgehead atoms. The van der Waals surface area contributed by atoms with E-state index in [0.717, 1.165) is 11.8 Å². The van der Waals surface area contributed by atoms with Crippen LogP contribution in [0.15, 0.2) is 63.4 Å². The summed E-state index contributed by atoms with van der Waals surface area (Å²) in [5, 5.41) is 3.54. The summed E-state index contributed by atoms with van der Waals surface area (Å²) in [6.45, 7) is 0.150. The number of anilines is 1. The SMILES string of the molecule is COc1ccc(Cl)cc1NC(=O)CSc1nc2nccnc2c(=O)n1Cc1ccco1. The first kappa shape index (κ1) is 20.9. The second-order valence-electron chi connectivity index (χ2n) is 6.28. The molecule has 0 atom stereocenters. The van der Waals surface area contributed by atoms with Gasteiger partial charge in [-0.15, -0.1) is 0 Å². The predicted octanol–water partition coefficient (Wildman–Crippen LogP) is 3.22. The Bertz CT molecular complexity index is 1290. The van der Waals surface area contributed by atoms with Gasteiger partial charge in [-0.05, 0) is 30.3 Å². The number of carbonyl (C=O) groups is 1. The molecule has 0 aliphatic rings. The maximum absolute atomic E-state index is 13.0. The molecule has 0 saturated heterocycles. The molecule has 158 valence electrons. The van der Waals surface area contributed by atoms with Gasteiger partial charge >= 0.3 is 0 Å². The minimum Gasteiger partial charge on any atom is -0.495 e. The number of nitrogens with zero attached hydrogens (tertiary/aromatic N) is 4. The van der Waals surface area contributed by atoms with E-state index in [2.05, 4.69) is 20.3 Å². The van der Waals surface area contributed by atoms with Crippen LogP contribution in [-0.2, 0) is 11.3 Å². The smallest absolute Gasteiger partial charge is 0.282 e. The monoisotopic (exact) mass is 457 g/mol. The number of benzene rings is 1. The van der Waals surface area contributed by atoms with Crippen LogP contribution in [0, 0.1) is 0 Å². The van der Waals surface area contributed by atoms with Gasteiger partial charge in [0.05, 0.1) is 31.4 Å². The molecule has 3 heterocycles. The molecular formula is C20H16ClN5O4S. The van der Waals surface area contributed by atoms with Crippen molar-refractivity contribution in [2.45, 2.75) is 11.7 Å². The van der Waals surface area contributed by atoms with E-state index in [-0.39, 0.29) is 34.9 Å². The van der Waals surface area contributed by atoms with Crippen molar-refractivity contribution in [1.29, 1.82) is 0 Å². The van der Waals surface area contributed by atoms with Crippen molar-refractivity contribution in [1.82, 2.24) is 19.5 Å². The van der Waals surface area contributed by atoms with Crippen molar-refractivity contribution in [3.8, 4) is 5.75 Å². The number of rotatable bonds is 7. The first-order valence-corrected chi connectivity index (χ1v) is 10.4.